The number of aliphatic hydroxyl groups is 1. The van der Waals surface area contributed by atoms with Gasteiger partial charge >= 0.3 is 0 Å². The highest BCUT2D eigenvalue weighted by molar-refractivity contribution is 5.03. The van der Waals surface area contributed by atoms with Crippen LogP contribution in [-0.2, 0) is 0 Å². The molecule has 0 aromatic heterocycles. The maximum absolute atomic E-state index is 9.87. The van der Waals surface area contributed by atoms with E-state index in [2.05, 4.69) is 19.9 Å². The van der Waals surface area contributed by atoms with Gasteiger partial charge in [-0.1, -0.05) is 25.0 Å². The first-order valence-corrected chi connectivity index (χ1v) is 7.00. The first-order chi connectivity index (χ1) is 7.66. The fourth-order valence-corrected chi connectivity index (χ4v) is 3.46. The van der Waals surface area contributed by atoms with Gasteiger partial charge in [-0.25, -0.2) is 0 Å². The Morgan fingerprint density at radius 2 is 2.19 bits per heavy atom. The van der Waals surface area contributed by atoms with Crippen LogP contribution in [0.15, 0.2) is 11.6 Å². The second-order valence-corrected chi connectivity index (χ2v) is 6.06. The highest BCUT2D eigenvalue weighted by Crippen LogP contribution is 2.37. The van der Waals surface area contributed by atoms with Gasteiger partial charge in [-0.3, -0.25) is 0 Å². The third-order valence-corrected chi connectivity index (χ3v) is 4.78. The monoisotopic (exact) mass is 222 g/mol. The molecule has 0 radical (unpaired) electrons. The molecule has 1 unspecified atom stereocenters. The molecule has 92 valence electrons. The van der Waals surface area contributed by atoms with Crippen LogP contribution in [0.25, 0.3) is 0 Å². The lowest BCUT2D eigenvalue weighted by Crippen LogP contribution is -2.21. The number of allylic oxidation sites excluding steroid dienone is 2. The van der Waals surface area contributed by atoms with Crippen molar-refractivity contribution < 1.29 is 5.11 Å². The molecule has 2 rings (SSSR count). The molecular weight excluding hydrogens is 196 g/mol. The molecular formula is C15H26O. The van der Waals surface area contributed by atoms with Crippen LogP contribution >= 0.6 is 0 Å². The molecule has 4 atom stereocenters. The van der Waals surface area contributed by atoms with Gasteiger partial charge in [0.2, 0.25) is 0 Å². The van der Waals surface area contributed by atoms with Crippen molar-refractivity contribution in [1.82, 2.24) is 0 Å². The normalized spacial score (nSPS) is 37.2. The van der Waals surface area contributed by atoms with Crippen molar-refractivity contribution in [3.8, 4) is 0 Å². The summed E-state index contributed by atoms with van der Waals surface area (Å²) in [7, 11) is 0. The van der Waals surface area contributed by atoms with E-state index >= 15 is 0 Å². The van der Waals surface area contributed by atoms with Gasteiger partial charge in [-0.2, -0.15) is 0 Å². The lowest BCUT2D eigenvalue weighted by Gasteiger charge is -2.29. The average molecular weight is 222 g/mol. The van der Waals surface area contributed by atoms with Gasteiger partial charge in [-0.05, 0) is 63.2 Å². The van der Waals surface area contributed by atoms with Crippen LogP contribution in [0, 0.1) is 17.8 Å². The Morgan fingerprint density at radius 3 is 2.75 bits per heavy atom. The van der Waals surface area contributed by atoms with E-state index in [1.807, 2.05) is 0 Å². The zero-order chi connectivity index (χ0) is 11.5. The largest absolute Gasteiger partial charge is 0.393 e. The van der Waals surface area contributed by atoms with E-state index in [1.54, 1.807) is 5.57 Å². The number of hydrogen-bond acceptors (Lipinski definition) is 1. The SMILES string of the molecule is CC1=CC[C@H](C(C)C[C@H]2CCC[C@H]2O)CC1. The van der Waals surface area contributed by atoms with Crippen molar-refractivity contribution in [2.24, 2.45) is 17.8 Å². The van der Waals surface area contributed by atoms with Crippen molar-refractivity contribution in [3.63, 3.8) is 0 Å². The molecule has 2 aliphatic rings. The summed E-state index contributed by atoms with van der Waals surface area (Å²) in [6.45, 7) is 4.64. The van der Waals surface area contributed by atoms with Gasteiger partial charge in [0.15, 0.2) is 0 Å². The lowest BCUT2D eigenvalue weighted by atomic mass is 9.77. The Hall–Kier alpha value is -0.300. The van der Waals surface area contributed by atoms with Crippen molar-refractivity contribution in [2.75, 3.05) is 0 Å². The minimum atomic E-state index is 0.00307. The van der Waals surface area contributed by atoms with Crippen molar-refractivity contribution in [2.45, 2.75) is 64.9 Å². The molecule has 0 aromatic rings. The minimum Gasteiger partial charge on any atom is -0.393 e. The topological polar surface area (TPSA) is 20.2 Å². The Balaban J connectivity index is 1.81. The molecule has 1 fully saturated rings. The van der Waals surface area contributed by atoms with Crippen LogP contribution in [0.2, 0.25) is 0 Å². The summed E-state index contributed by atoms with van der Waals surface area (Å²) in [5.74, 6) is 2.26. The van der Waals surface area contributed by atoms with E-state index in [1.165, 1.54) is 38.5 Å². The van der Waals surface area contributed by atoms with E-state index in [0.717, 1.165) is 18.3 Å². The fraction of sp³-hybridized carbons (Fsp3) is 0.867. The fourth-order valence-electron chi connectivity index (χ4n) is 3.46. The first-order valence-electron chi connectivity index (χ1n) is 7.00. The predicted molar refractivity (Wildman–Crippen MR) is 68.2 cm³/mol. The Kier molecular flexibility index (Phi) is 4.07. The van der Waals surface area contributed by atoms with Crippen LogP contribution in [0.4, 0.5) is 0 Å². The predicted octanol–water partition coefficient (Wildman–Crippen LogP) is 3.92. The Morgan fingerprint density at radius 1 is 1.38 bits per heavy atom. The molecule has 0 amide bonds. The maximum atomic E-state index is 9.87. The molecule has 16 heavy (non-hydrogen) atoms. The van der Waals surface area contributed by atoms with Crippen molar-refractivity contribution in [1.29, 1.82) is 0 Å². The molecule has 1 heteroatoms. The highest BCUT2D eigenvalue weighted by Gasteiger charge is 2.29. The zero-order valence-electron chi connectivity index (χ0n) is 10.8. The van der Waals surface area contributed by atoms with E-state index in [-0.39, 0.29) is 6.10 Å². The maximum Gasteiger partial charge on any atom is 0.0568 e. The molecule has 1 nitrogen and oxygen atoms in total. The van der Waals surface area contributed by atoms with Crippen LogP contribution in [0.1, 0.15) is 58.8 Å². The first kappa shape index (κ1) is 12.2. The number of rotatable bonds is 3. The van der Waals surface area contributed by atoms with Gasteiger partial charge in [0.05, 0.1) is 6.10 Å². The minimum absolute atomic E-state index is 0.00307. The summed E-state index contributed by atoms with van der Waals surface area (Å²) >= 11 is 0. The molecule has 2 aliphatic carbocycles. The van der Waals surface area contributed by atoms with E-state index in [0.29, 0.717) is 5.92 Å². The molecule has 0 spiro atoms. The lowest BCUT2D eigenvalue weighted by molar-refractivity contribution is 0.109. The van der Waals surface area contributed by atoms with Crippen molar-refractivity contribution >= 4 is 0 Å². The molecule has 1 saturated carbocycles. The molecule has 0 heterocycles. The third kappa shape index (κ3) is 2.88. The van der Waals surface area contributed by atoms with Gasteiger partial charge in [-0.15, -0.1) is 0 Å². The van der Waals surface area contributed by atoms with Gasteiger partial charge in [0, 0.05) is 0 Å². The quantitative estimate of drug-likeness (QED) is 0.718. The smallest absolute Gasteiger partial charge is 0.0568 e. The third-order valence-electron chi connectivity index (χ3n) is 4.78. The van der Waals surface area contributed by atoms with Gasteiger partial charge < -0.3 is 5.11 Å². The number of hydrogen-bond donors (Lipinski definition) is 1. The van der Waals surface area contributed by atoms with Crippen LogP contribution in [-0.4, -0.2) is 11.2 Å². The van der Waals surface area contributed by atoms with Crippen LogP contribution < -0.4 is 0 Å². The van der Waals surface area contributed by atoms with E-state index < -0.39 is 0 Å². The van der Waals surface area contributed by atoms with Crippen molar-refractivity contribution in [3.05, 3.63) is 11.6 Å². The average Bonchev–Trinajstić information content (AvgIpc) is 2.65. The number of aliphatic hydroxyl groups excluding tert-OH is 1. The van der Waals surface area contributed by atoms with Crippen LogP contribution in [0.3, 0.4) is 0 Å². The summed E-state index contributed by atoms with van der Waals surface area (Å²) in [5.41, 5.74) is 1.57. The van der Waals surface area contributed by atoms with E-state index in [9.17, 15) is 5.11 Å². The molecule has 0 aliphatic heterocycles. The molecule has 1 N–H and O–H groups in total. The highest BCUT2D eigenvalue weighted by atomic mass is 16.3. The summed E-state index contributed by atoms with van der Waals surface area (Å²) in [4.78, 5) is 0. The summed E-state index contributed by atoms with van der Waals surface area (Å²) in [6, 6.07) is 0. The Bertz CT molecular complexity index is 256. The zero-order valence-corrected chi connectivity index (χ0v) is 10.8. The molecule has 0 saturated heterocycles. The standard InChI is InChI=1S/C15H26O/c1-11-6-8-13(9-7-11)12(2)10-14-4-3-5-15(14)16/h6,12-16H,3-5,7-10H2,1-2H3/t12?,13-,14+,15+/m0/s1. The molecule has 0 aromatic carbocycles. The Labute approximate surface area is 99.9 Å². The second kappa shape index (κ2) is 5.35. The van der Waals surface area contributed by atoms with Gasteiger partial charge in [0.1, 0.15) is 0 Å². The molecule has 0 bridgehead atoms. The van der Waals surface area contributed by atoms with Gasteiger partial charge in [0.25, 0.3) is 0 Å². The summed E-state index contributed by atoms with van der Waals surface area (Å²) in [5, 5.41) is 9.87. The summed E-state index contributed by atoms with van der Waals surface area (Å²) in [6.07, 6.45) is 11.2. The van der Waals surface area contributed by atoms with E-state index in [4.69, 9.17) is 0 Å². The second-order valence-electron chi connectivity index (χ2n) is 6.06. The summed E-state index contributed by atoms with van der Waals surface area (Å²) < 4.78 is 0. The van der Waals surface area contributed by atoms with Crippen LogP contribution in [0.5, 0.6) is 0 Å².